The maximum absolute atomic E-state index is 12.3. The lowest BCUT2D eigenvalue weighted by Gasteiger charge is -2.30. The molecule has 1 N–H and O–H groups in total. The first-order valence-electron chi connectivity index (χ1n) is 9.05. The highest BCUT2D eigenvalue weighted by Crippen LogP contribution is 2.36. The van der Waals surface area contributed by atoms with Gasteiger partial charge in [-0.3, -0.25) is 9.48 Å². The number of carbonyl (C=O) groups excluding carboxylic acids is 1. The number of aromatic nitrogens is 3. The fourth-order valence-electron chi connectivity index (χ4n) is 3.68. The van der Waals surface area contributed by atoms with Crippen LogP contribution in [0.15, 0.2) is 30.6 Å². The number of alkyl halides is 1. The summed E-state index contributed by atoms with van der Waals surface area (Å²) in [7, 11) is 0. The Kier molecular flexibility index (Phi) is 5.70. The van der Waals surface area contributed by atoms with Crippen molar-refractivity contribution in [3.63, 3.8) is 0 Å². The summed E-state index contributed by atoms with van der Waals surface area (Å²) >= 11 is 9.57. The molecule has 0 radical (unpaired) electrons. The average Bonchev–Trinajstić information content (AvgIpc) is 3.27. The molecule has 0 aliphatic heterocycles. The van der Waals surface area contributed by atoms with Gasteiger partial charge in [-0.1, -0.05) is 52.5 Å². The smallest absolute Gasteiger partial charge is 0.284 e. The fourth-order valence-corrected chi connectivity index (χ4v) is 5.21. The second-order valence-corrected chi connectivity index (χ2v) is 10.7. The van der Waals surface area contributed by atoms with Crippen molar-refractivity contribution in [1.29, 1.82) is 0 Å². The predicted octanol–water partition coefficient (Wildman–Crippen LogP) is 5.95. The van der Waals surface area contributed by atoms with Crippen LogP contribution < -0.4 is 5.32 Å². The highest BCUT2D eigenvalue weighted by molar-refractivity contribution is 14.1. The van der Waals surface area contributed by atoms with Crippen LogP contribution in [0.2, 0.25) is 4.34 Å². The third-order valence-electron chi connectivity index (χ3n) is 5.22. The topological polar surface area (TPSA) is 59.8 Å². The zero-order chi connectivity index (χ0) is 19.0. The van der Waals surface area contributed by atoms with Crippen LogP contribution >= 0.6 is 45.5 Å². The molecule has 1 fully saturated rings. The molecule has 2 heterocycles. The number of amides is 1. The minimum atomic E-state index is -0.245. The van der Waals surface area contributed by atoms with Crippen LogP contribution in [0.5, 0.6) is 0 Å². The molecular weight excluding hydrogens is 495 g/mol. The maximum atomic E-state index is 12.3. The van der Waals surface area contributed by atoms with Crippen molar-refractivity contribution in [3.8, 4) is 0 Å². The monoisotopic (exact) mass is 514 g/mol. The standard InChI is InChI=1S/C19H20ClIN4OS/c1-11(21)12-2-5-15(6-3-12)25-10-13-8-14(4-7-16(13)24-25)23-18(26)19-22-9-17(20)27-19/h4,7-12,15H,2-3,5-6H2,1H3,(H,23,26). The molecule has 8 heteroatoms. The Balaban J connectivity index is 1.48. The van der Waals surface area contributed by atoms with Gasteiger partial charge in [0.15, 0.2) is 5.01 Å². The van der Waals surface area contributed by atoms with Gasteiger partial charge in [-0.05, 0) is 49.8 Å². The Labute approximate surface area is 180 Å². The third kappa shape index (κ3) is 4.30. The summed E-state index contributed by atoms with van der Waals surface area (Å²) in [4.78, 5) is 16.3. The van der Waals surface area contributed by atoms with Crippen LogP contribution in [-0.4, -0.2) is 24.6 Å². The Morgan fingerprint density at radius 1 is 1.37 bits per heavy atom. The van der Waals surface area contributed by atoms with Crippen molar-refractivity contribution in [2.75, 3.05) is 5.32 Å². The van der Waals surface area contributed by atoms with Crippen LogP contribution in [0.3, 0.4) is 0 Å². The Bertz CT molecular complexity index is 962. The maximum Gasteiger partial charge on any atom is 0.284 e. The second-order valence-electron chi connectivity index (χ2n) is 7.05. The fraction of sp³-hybridized carbons (Fsp3) is 0.421. The summed E-state index contributed by atoms with van der Waals surface area (Å²) in [5.74, 6) is 0.581. The Morgan fingerprint density at radius 2 is 2.15 bits per heavy atom. The van der Waals surface area contributed by atoms with Crippen molar-refractivity contribution in [2.24, 2.45) is 5.92 Å². The molecule has 1 aliphatic carbocycles. The first-order valence-corrected chi connectivity index (χ1v) is 11.5. The lowest BCUT2D eigenvalue weighted by molar-refractivity contribution is 0.102. The van der Waals surface area contributed by atoms with Crippen molar-refractivity contribution in [2.45, 2.75) is 42.6 Å². The van der Waals surface area contributed by atoms with Gasteiger partial charge in [0.05, 0.1) is 17.8 Å². The number of anilines is 1. The van der Waals surface area contributed by atoms with E-state index >= 15 is 0 Å². The van der Waals surface area contributed by atoms with Crippen LogP contribution in [0, 0.1) is 5.92 Å². The summed E-state index contributed by atoms with van der Waals surface area (Å²) < 4.78 is 3.35. The van der Waals surface area contributed by atoms with Crippen LogP contribution in [-0.2, 0) is 0 Å². The number of hydrogen-bond acceptors (Lipinski definition) is 4. The van der Waals surface area contributed by atoms with E-state index in [1.807, 2.05) is 18.2 Å². The number of nitrogens with zero attached hydrogens (tertiary/aromatic N) is 3. The number of rotatable bonds is 4. The molecule has 4 rings (SSSR count). The molecule has 1 unspecified atom stereocenters. The number of thiazole rings is 1. The van der Waals surface area contributed by atoms with Gasteiger partial charge in [0.2, 0.25) is 0 Å². The minimum absolute atomic E-state index is 0.245. The van der Waals surface area contributed by atoms with Crippen molar-refractivity contribution in [1.82, 2.24) is 14.8 Å². The molecular formula is C19H20ClIN4OS. The molecule has 1 aromatic carbocycles. The summed E-state index contributed by atoms with van der Waals surface area (Å²) in [5, 5.41) is 9.04. The summed E-state index contributed by atoms with van der Waals surface area (Å²) in [5.41, 5.74) is 1.69. The molecule has 3 aromatic rings. The van der Waals surface area contributed by atoms with Crippen molar-refractivity contribution < 1.29 is 4.79 Å². The van der Waals surface area contributed by atoms with E-state index in [2.05, 4.69) is 50.7 Å². The zero-order valence-corrected chi connectivity index (χ0v) is 18.6. The van der Waals surface area contributed by atoms with Crippen molar-refractivity contribution >= 4 is 68.0 Å². The van der Waals surface area contributed by atoms with Gasteiger partial charge >= 0.3 is 0 Å². The van der Waals surface area contributed by atoms with Gasteiger partial charge < -0.3 is 5.32 Å². The lowest BCUT2D eigenvalue weighted by Crippen LogP contribution is -2.22. The second kappa shape index (κ2) is 8.05. The summed E-state index contributed by atoms with van der Waals surface area (Å²) in [6.45, 7) is 2.31. The quantitative estimate of drug-likeness (QED) is 0.345. The van der Waals surface area contributed by atoms with E-state index in [-0.39, 0.29) is 5.91 Å². The van der Waals surface area contributed by atoms with Gasteiger partial charge in [0, 0.05) is 21.2 Å². The van der Waals surface area contributed by atoms with E-state index in [1.165, 1.54) is 43.2 Å². The molecule has 1 amide bonds. The number of fused-ring (bicyclic) bond motifs is 1. The third-order valence-corrected chi connectivity index (χ3v) is 7.35. The summed E-state index contributed by atoms with van der Waals surface area (Å²) in [6, 6.07) is 6.26. The highest BCUT2D eigenvalue weighted by Gasteiger charge is 2.25. The number of hydrogen-bond donors (Lipinski definition) is 1. The summed E-state index contributed by atoms with van der Waals surface area (Å²) in [6.07, 6.45) is 8.48. The molecule has 142 valence electrons. The van der Waals surface area contributed by atoms with E-state index in [9.17, 15) is 4.79 Å². The van der Waals surface area contributed by atoms with E-state index < -0.39 is 0 Å². The minimum Gasteiger partial charge on any atom is -0.320 e. The van der Waals surface area contributed by atoms with Gasteiger partial charge in [0.25, 0.3) is 5.91 Å². The zero-order valence-electron chi connectivity index (χ0n) is 14.9. The van der Waals surface area contributed by atoms with Gasteiger partial charge in [0.1, 0.15) is 4.34 Å². The number of benzene rings is 1. The highest BCUT2D eigenvalue weighted by atomic mass is 127. The van der Waals surface area contributed by atoms with Gasteiger partial charge in [-0.15, -0.1) is 0 Å². The van der Waals surface area contributed by atoms with E-state index in [4.69, 9.17) is 16.7 Å². The largest absolute Gasteiger partial charge is 0.320 e. The van der Waals surface area contributed by atoms with E-state index in [1.54, 1.807) is 0 Å². The van der Waals surface area contributed by atoms with Crippen LogP contribution in [0.4, 0.5) is 5.69 Å². The molecule has 0 bridgehead atoms. The molecule has 1 aliphatic rings. The van der Waals surface area contributed by atoms with Crippen molar-refractivity contribution in [3.05, 3.63) is 39.9 Å². The number of halogens is 2. The number of carbonyl (C=O) groups is 1. The predicted molar refractivity (Wildman–Crippen MR) is 119 cm³/mol. The number of nitrogens with one attached hydrogen (secondary N) is 1. The molecule has 0 saturated heterocycles. The molecule has 2 aromatic heterocycles. The Morgan fingerprint density at radius 3 is 2.81 bits per heavy atom. The first kappa shape index (κ1) is 19.1. The molecule has 0 spiro atoms. The van der Waals surface area contributed by atoms with Crippen LogP contribution in [0.1, 0.15) is 48.5 Å². The average molecular weight is 515 g/mol. The van der Waals surface area contributed by atoms with Gasteiger partial charge in [-0.25, -0.2) is 4.98 Å². The SMILES string of the molecule is CC(I)C1CCC(n2cc3cc(NC(=O)c4ncc(Cl)s4)ccc3n2)CC1. The van der Waals surface area contributed by atoms with E-state index in [0.29, 0.717) is 15.4 Å². The normalized spacial score (nSPS) is 21.3. The Hall–Kier alpha value is -1.19. The molecule has 27 heavy (non-hydrogen) atoms. The molecule has 1 saturated carbocycles. The first-order chi connectivity index (χ1) is 13.0. The van der Waals surface area contributed by atoms with Gasteiger partial charge in [-0.2, -0.15) is 5.10 Å². The lowest BCUT2D eigenvalue weighted by atomic mass is 9.84. The molecule has 1 atom stereocenters. The van der Waals surface area contributed by atoms with E-state index in [0.717, 1.165) is 26.4 Å². The van der Waals surface area contributed by atoms with Crippen LogP contribution in [0.25, 0.3) is 10.9 Å². The molecule has 5 nitrogen and oxygen atoms in total.